The molecule has 4 rings (SSSR count). The van der Waals surface area contributed by atoms with Crippen LogP contribution in [-0.4, -0.2) is 36.5 Å². The predicted octanol–water partition coefficient (Wildman–Crippen LogP) is 1.38. The van der Waals surface area contributed by atoms with Crippen LogP contribution in [0.25, 0.3) is 0 Å². The van der Waals surface area contributed by atoms with Gasteiger partial charge in [0, 0.05) is 18.2 Å². The molecule has 1 N–H and O–H groups in total. The lowest BCUT2D eigenvalue weighted by Crippen LogP contribution is -2.57. The Morgan fingerprint density at radius 3 is 2.47 bits per heavy atom. The van der Waals surface area contributed by atoms with Crippen molar-refractivity contribution >= 4 is 5.91 Å². The lowest BCUT2D eigenvalue weighted by molar-refractivity contribution is 0.0620. The van der Waals surface area contributed by atoms with E-state index in [0.29, 0.717) is 17.0 Å². The monoisotopic (exact) mass is 255 g/mol. The maximum atomic E-state index is 12.2. The number of benzene rings is 1. The van der Waals surface area contributed by atoms with Crippen molar-refractivity contribution in [1.29, 1.82) is 5.26 Å². The summed E-state index contributed by atoms with van der Waals surface area (Å²) in [7, 11) is 0. The molecule has 3 aliphatic rings. The molecule has 1 aromatic rings. The molecule has 0 radical (unpaired) electrons. The van der Waals surface area contributed by atoms with E-state index >= 15 is 0 Å². The zero-order valence-electron chi connectivity index (χ0n) is 10.8. The highest BCUT2D eigenvalue weighted by Gasteiger charge is 2.34. The Labute approximate surface area is 113 Å². The molecule has 2 bridgehead atoms. The normalized spacial score (nSPS) is 28.7. The fraction of sp³-hybridized carbons (Fsp3) is 0.467. The first-order valence-electron chi connectivity index (χ1n) is 6.79. The van der Waals surface area contributed by atoms with E-state index in [1.165, 1.54) is 25.9 Å². The van der Waals surface area contributed by atoms with Gasteiger partial charge in [0.15, 0.2) is 0 Å². The fourth-order valence-corrected chi connectivity index (χ4v) is 3.08. The molecule has 3 fully saturated rings. The number of carbonyl (C=O) groups excluding carboxylic acids is 1. The number of hydrogen-bond acceptors (Lipinski definition) is 3. The Bertz CT molecular complexity index is 509. The maximum Gasteiger partial charge on any atom is 0.251 e. The topological polar surface area (TPSA) is 56.1 Å². The molecule has 19 heavy (non-hydrogen) atoms. The second-order valence-corrected chi connectivity index (χ2v) is 5.41. The van der Waals surface area contributed by atoms with Crippen LogP contribution < -0.4 is 5.32 Å². The van der Waals surface area contributed by atoms with E-state index in [4.69, 9.17) is 5.26 Å². The lowest BCUT2D eigenvalue weighted by atomic mass is 9.84. The summed E-state index contributed by atoms with van der Waals surface area (Å²) in [6.07, 6.45) is 2.39. The molecule has 0 saturated carbocycles. The summed E-state index contributed by atoms with van der Waals surface area (Å²) in [5, 5.41) is 11.9. The zero-order chi connectivity index (χ0) is 13.2. The Morgan fingerprint density at radius 2 is 1.95 bits per heavy atom. The van der Waals surface area contributed by atoms with Gasteiger partial charge in [0.2, 0.25) is 0 Å². The summed E-state index contributed by atoms with van der Waals surface area (Å²) in [6, 6.07) is 9.15. The molecule has 1 unspecified atom stereocenters. The van der Waals surface area contributed by atoms with Gasteiger partial charge in [0.1, 0.15) is 0 Å². The smallest absolute Gasteiger partial charge is 0.251 e. The summed E-state index contributed by atoms with van der Waals surface area (Å²) in [4.78, 5) is 14.6. The molecule has 1 atom stereocenters. The van der Waals surface area contributed by atoms with Crippen LogP contribution in [0.1, 0.15) is 28.8 Å². The van der Waals surface area contributed by atoms with Crippen molar-refractivity contribution in [2.75, 3.05) is 19.6 Å². The number of nitrogens with one attached hydrogen (secondary N) is 1. The van der Waals surface area contributed by atoms with Crippen molar-refractivity contribution in [1.82, 2.24) is 10.2 Å². The molecule has 0 aliphatic carbocycles. The minimum atomic E-state index is -0.0248. The SMILES string of the molecule is N#Cc1ccc(C(=O)NC2CN3CCC2CC3)cc1. The number of hydrogen-bond donors (Lipinski definition) is 1. The molecule has 4 heteroatoms. The molecule has 4 nitrogen and oxygen atoms in total. The van der Waals surface area contributed by atoms with Crippen LogP contribution >= 0.6 is 0 Å². The van der Waals surface area contributed by atoms with Crippen LogP contribution in [0.15, 0.2) is 24.3 Å². The van der Waals surface area contributed by atoms with Crippen LogP contribution in [0.4, 0.5) is 0 Å². The average molecular weight is 255 g/mol. The molecule has 0 spiro atoms. The van der Waals surface area contributed by atoms with Crippen molar-refractivity contribution in [2.24, 2.45) is 5.92 Å². The van der Waals surface area contributed by atoms with Gasteiger partial charge in [-0.3, -0.25) is 4.79 Å². The van der Waals surface area contributed by atoms with E-state index in [1.807, 2.05) is 0 Å². The van der Waals surface area contributed by atoms with E-state index < -0.39 is 0 Å². The van der Waals surface area contributed by atoms with Crippen molar-refractivity contribution < 1.29 is 4.79 Å². The largest absolute Gasteiger partial charge is 0.348 e. The summed E-state index contributed by atoms with van der Waals surface area (Å²) < 4.78 is 0. The summed E-state index contributed by atoms with van der Waals surface area (Å²) in [6.45, 7) is 3.33. The standard InChI is InChI=1S/C15H17N3O/c16-9-11-1-3-13(4-2-11)15(19)17-14-10-18-7-5-12(14)6-8-18/h1-4,12,14H,5-8,10H2,(H,17,19). The number of rotatable bonds is 2. The molecule has 1 aromatic carbocycles. The third-order valence-electron chi connectivity index (χ3n) is 4.25. The first kappa shape index (κ1) is 12.2. The summed E-state index contributed by atoms with van der Waals surface area (Å²) in [5.74, 6) is 0.607. The molecule has 0 aromatic heterocycles. The van der Waals surface area contributed by atoms with E-state index in [1.54, 1.807) is 24.3 Å². The highest BCUT2D eigenvalue weighted by molar-refractivity contribution is 5.94. The second-order valence-electron chi connectivity index (χ2n) is 5.41. The van der Waals surface area contributed by atoms with Crippen molar-refractivity contribution in [3.63, 3.8) is 0 Å². The Hall–Kier alpha value is -1.86. The maximum absolute atomic E-state index is 12.2. The van der Waals surface area contributed by atoms with Gasteiger partial charge in [-0.1, -0.05) is 0 Å². The number of piperidine rings is 3. The van der Waals surface area contributed by atoms with Crippen LogP contribution in [0.3, 0.4) is 0 Å². The number of nitriles is 1. The van der Waals surface area contributed by atoms with E-state index in [0.717, 1.165) is 6.54 Å². The molecule has 98 valence electrons. The third-order valence-corrected chi connectivity index (χ3v) is 4.25. The van der Waals surface area contributed by atoms with Crippen molar-refractivity contribution in [3.05, 3.63) is 35.4 Å². The van der Waals surface area contributed by atoms with Crippen LogP contribution in [-0.2, 0) is 0 Å². The highest BCUT2D eigenvalue weighted by atomic mass is 16.1. The number of carbonyl (C=O) groups is 1. The van der Waals surface area contributed by atoms with Gasteiger partial charge in [0.05, 0.1) is 11.6 Å². The van der Waals surface area contributed by atoms with Crippen LogP contribution in [0, 0.1) is 17.2 Å². The zero-order valence-corrected chi connectivity index (χ0v) is 10.8. The Kier molecular flexibility index (Phi) is 3.22. The van der Waals surface area contributed by atoms with Gasteiger partial charge in [-0.15, -0.1) is 0 Å². The highest BCUT2D eigenvalue weighted by Crippen LogP contribution is 2.27. The van der Waals surface area contributed by atoms with Crippen LogP contribution in [0.2, 0.25) is 0 Å². The number of fused-ring (bicyclic) bond motifs is 3. The predicted molar refractivity (Wildman–Crippen MR) is 71.6 cm³/mol. The molecule has 3 heterocycles. The fourth-order valence-electron chi connectivity index (χ4n) is 3.08. The van der Waals surface area contributed by atoms with Gasteiger partial charge < -0.3 is 10.2 Å². The van der Waals surface area contributed by atoms with E-state index in [9.17, 15) is 4.79 Å². The third kappa shape index (κ3) is 2.47. The molecular weight excluding hydrogens is 238 g/mol. The molecule has 1 amide bonds. The minimum absolute atomic E-state index is 0.0248. The quantitative estimate of drug-likeness (QED) is 0.868. The van der Waals surface area contributed by atoms with Gasteiger partial charge in [-0.05, 0) is 56.1 Å². The Balaban J connectivity index is 1.66. The van der Waals surface area contributed by atoms with E-state index in [-0.39, 0.29) is 11.9 Å². The molecule has 3 aliphatic heterocycles. The minimum Gasteiger partial charge on any atom is -0.348 e. The second kappa shape index (κ2) is 5.02. The number of amides is 1. The van der Waals surface area contributed by atoms with Crippen LogP contribution in [0.5, 0.6) is 0 Å². The lowest BCUT2D eigenvalue weighted by Gasteiger charge is -2.44. The van der Waals surface area contributed by atoms with Gasteiger partial charge in [-0.25, -0.2) is 0 Å². The molecule has 3 saturated heterocycles. The first-order chi connectivity index (χ1) is 9.26. The van der Waals surface area contributed by atoms with E-state index in [2.05, 4.69) is 16.3 Å². The van der Waals surface area contributed by atoms with Crippen molar-refractivity contribution in [3.8, 4) is 6.07 Å². The first-order valence-corrected chi connectivity index (χ1v) is 6.79. The summed E-state index contributed by atoms with van der Waals surface area (Å²) in [5.41, 5.74) is 1.22. The van der Waals surface area contributed by atoms with Gasteiger partial charge in [-0.2, -0.15) is 5.26 Å². The van der Waals surface area contributed by atoms with Crippen molar-refractivity contribution in [2.45, 2.75) is 18.9 Å². The van der Waals surface area contributed by atoms with Gasteiger partial charge in [0.25, 0.3) is 5.91 Å². The van der Waals surface area contributed by atoms with Gasteiger partial charge >= 0.3 is 0 Å². The molecular formula is C15H17N3O. The number of nitrogens with zero attached hydrogens (tertiary/aromatic N) is 2. The summed E-state index contributed by atoms with van der Waals surface area (Å²) >= 11 is 0. The average Bonchev–Trinajstić information content (AvgIpc) is 2.48. The Morgan fingerprint density at radius 1 is 1.26 bits per heavy atom.